The summed E-state index contributed by atoms with van der Waals surface area (Å²) in [7, 11) is 1.70. The number of nitrogens with zero attached hydrogens (tertiary/aromatic N) is 2. The first kappa shape index (κ1) is 13.6. The Kier molecular flexibility index (Phi) is 4.21. The van der Waals surface area contributed by atoms with E-state index in [2.05, 4.69) is 4.99 Å². The second-order valence-electron chi connectivity index (χ2n) is 3.90. The number of benzene rings is 1. The number of aliphatic imine (C=N–C) groups is 1. The molecule has 1 heterocycles. The number of ether oxygens (including phenoxy) is 1. The molecule has 1 aromatic rings. The van der Waals surface area contributed by atoms with Crippen molar-refractivity contribution in [3.63, 3.8) is 0 Å². The Morgan fingerprint density at radius 1 is 1.42 bits per heavy atom. The Morgan fingerprint density at radius 2 is 2.11 bits per heavy atom. The van der Waals surface area contributed by atoms with Crippen LogP contribution in [-0.2, 0) is 9.53 Å². The van der Waals surface area contributed by atoms with Gasteiger partial charge in [-0.15, -0.1) is 0 Å². The van der Waals surface area contributed by atoms with Crippen molar-refractivity contribution in [1.29, 1.82) is 0 Å². The van der Waals surface area contributed by atoms with Crippen LogP contribution in [0, 0.1) is 0 Å². The van der Waals surface area contributed by atoms with Crippen LogP contribution in [0.15, 0.2) is 29.3 Å². The molecule has 0 spiro atoms. The largest absolute Gasteiger partial charge is 0.462 e. The molecule has 1 aliphatic rings. The smallest absolute Gasteiger partial charge is 0.338 e. The van der Waals surface area contributed by atoms with E-state index in [1.165, 1.54) is 16.7 Å². The maximum Gasteiger partial charge on any atom is 0.338 e. The second kappa shape index (κ2) is 5.88. The fourth-order valence-corrected chi connectivity index (χ4v) is 2.44. The molecule has 100 valence electrons. The van der Waals surface area contributed by atoms with Crippen LogP contribution in [0.5, 0.6) is 0 Å². The van der Waals surface area contributed by atoms with Crippen LogP contribution < -0.4 is 0 Å². The van der Waals surface area contributed by atoms with Crippen molar-refractivity contribution in [1.82, 2.24) is 4.90 Å². The minimum Gasteiger partial charge on any atom is -0.462 e. The molecule has 19 heavy (non-hydrogen) atoms. The lowest BCUT2D eigenvalue weighted by Crippen LogP contribution is -2.24. The van der Waals surface area contributed by atoms with Crippen molar-refractivity contribution in [2.45, 2.75) is 6.92 Å². The maximum absolute atomic E-state index is 11.5. The number of esters is 1. The number of hydrogen-bond acceptors (Lipinski definition) is 5. The molecule has 5 nitrogen and oxygen atoms in total. The predicted octanol–water partition coefficient (Wildman–Crippen LogP) is 2.06. The van der Waals surface area contributed by atoms with Crippen molar-refractivity contribution in [3.8, 4) is 0 Å². The Labute approximate surface area is 115 Å². The third-order valence-electron chi connectivity index (χ3n) is 2.59. The van der Waals surface area contributed by atoms with Crippen molar-refractivity contribution in [2.75, 3.05) is 19.4 Å². The van der Waals surface area contributed by atoms with Gasteiger partial charge in [0.2, 0.25) is 5.91 Å². The molecular formula is C13H14N2O3S. The van der Waals surface area contributed by atoms with Crippen molar-refractivity contribution in [3.05, 3.63) is 29.8 Å². The number of thioether (sulfide) groups is 1. The van der Waals surface area contributed by atoms with E-state index in [9.17, 15) is 9.59 Å². The summed E-state index contributed by atoms with van der Waals surface area (Å²) in [5.74, 6) is 0.132. The third kappa shape index (κ3) is 3.14. The Hall–Kier alpha value is -1.82. The van der Waals surface area contributed by atoms with Crippen LogP contribution in [0.25, 0.3) is 0 Å². The Morgan fingerprint density at radius 3 is 2.63 bits per heavy atom. The van der Waals surface area contributed by atoms with Crippen LogP contribution >= 0.6 is 11.8 Å². The molecule has 2 rings (SSSR count). The van der Waals surface area contributed by atoms with Crippen LogP contribution in [0.2, 0.25) is 0 Å². The Bertz CT molecular complexity index is 525. The standard InChI is InChI=1S/C13H14N2O3S/c1-3-18-12(17)9-4-6-10(7-5-9)14-13-15(2)11(16)8-19-13/h4-7H,3,8H2,1-2H3. The average molecular weight is 278 g/mol. The highest BCUT2D eigenvalue weighted by Gasteiger charge is 2.24. The van der Waals surface area contributed by atoms with Gasteiger partial charge in [-0.25, -0.2) is 9.79 Å². The molecule has 0 N–H and O–H groups in total. The zero-order valence-electron chi connectivity index (χ0n) is 10.8. The van der Waals surface area contributed by atoms with Gasteiger partial charge < -0.3 is 4.74 Å². The monoisotopic (exact) mass is 278 g/mol. The first-order chi connectivity index (χ1) is 9.11. The van der Waals surface area contributed by atoms with Crippen molar-refractivity contribution >= 4 is 34.5 Å². The minimum atomic E-state index is -0.343. The summed E-state index contributed by atoms with van der Waals surface area (Å²) in [6.07, 6.45) is 0. The lowest BCUT2D eigenvalue weighted by molar-refractivity contribution is -0.123. The number of amidine groups is 1. The molecule has 0 radical (unpaired) electrons. The van der Waals surface area contributed by atoms with Gasteiger partial charge in [-0.3, -0.25) is 9.69 Å². The van der Waals surface area contributed by atoms with E-state index in [0.29, 0.717) is 28.8 Å². The van der Waals surface area contributed by atoms with Gasteiger partial charge in [0, 0.05) is 7.05 Å². The van der Waals surface area contributed by atoms with Gasteiger partial charge in [-0.2, -0.15) is 0 Å². The molecule has 1 amide bonds. The fourth-order valence-electron chi connectivity index (χ4n) is 1.53. The molecule has 0 aliphatic carbocycles. The Balaban J connectivity index is 2.13. The molecule has 0 aromatic heterocycles. The van der Waals surface area contributed by atoms with Crippen LogP contribution in [0.1, 0.15) is 17.3 Å². The topological polar surface area (TPSA) is 59.0 Å². The number of carbonyl (C=O) groups excluding carboxylic acids is 2. The van der Waals surface area contributed by atoms with E-state index in [-0.39, 0.29) is 11.9 Å². The van der Waals surface area contributed by atoms with Crippen LogP contribution in [0.3, 0.4) is 0 Å². The molecule has 0 bridgehead atoms. The van der Waals surface area contributed by atoms with Gasteiger partial charge in [0.25, 0.3) is 0 Å². The van der Waals surface area contributed by atoms with Gasteiger partial charge in [0.15, 0.2) is 5.17 Å². The SMILES string of the molecule is CCOC(=O)c1ccc(N=C2SCC(=O)N2C)cc1. The summed E-state index contributed by atoms with van der Waals surface area (Å²) in [5.41, 5.74) is 1.20. The molecule has 1 saturated heterocycles. The summed E-state index contributed by atoms with van der Waals surface area (Å²) in [6, 6.07) is 6.80. The summed E-state index contributed by atoms with van der Waals surface area (Å²) in [6.45, 7) is 2.12. The minimum absolute atomic E-state index is 0.0480. The molecule has 0 saturated carbocycles. The maximum atomic E-state index is 11.5. The van der Waals surface area contributed by atoms with Crippen molar-refractivity contribution < 1.29 is 14.3 Å². The van der Waals surface area contributed by atoms with E-state index < -0.39 is 0 Å². The average Bonchev–Trinajstić information content (AvgIpc) is 2.72. The zero-order chi connectivity index (χ0) is 13.8. The molecular weight excluding hydrogens is 264 g/mol. The fraction of sp³-hybridized carbons (Fsp3) is 0.308. The number of carbonyl (C=O) groups is 2. The predicted molar refractivity (Wildman–Crippen MR) is 74.7 cm³/mol. The van der Waals surface area contributed by atoms with Gasteiger partial charge in [-0.1, -0.05) is 11.8 Å². The highest BCUT2D eigenvalue weighted by molar-refractivity contribution is 8.15. The highest BCUT2D eigenvalue weighted by atomic mass is 32.2. The van der Waals surface area contributed by atoms with Gasteiger partial charge in [-0.05, 0) is 31.2 Å². The molecule has 0 unspecified atom stereocenters. The number of amides is 1. The summed E-state index contributed by atoms with van der Waals surface area (Å²) < 4.78 is 4.90. The van der Waals surface area contributed by atoms with Gasteiger partial charge in [0.05, 0.1) is 23.6 Å². The van der Waals surface area contributed by atoms with E-state index in [4.69, 9.17) is 4.74 Å². The third-order valence-corrected chi connectivity index (χ3v) is 3.60. The molecule has 0 atom stereocenters. The number of rotatable bonds is 3. The molecule has 1 aromatic carbocycles. The highest BCUT2D eigenvalue weighted by Crippen LogP contribution is 2.22. The van der Waals surface area contributed by atoms with E-state index in [1.807, 2.05) is 0 Å². The van der Waals surface area contributed by atoms with Crippen LogP contribution in [0.4, 0.5) is 5.69 Å². The molecule has 1 aliphatic heterocycles. The first-order valence-corrected chi connectivity index (χ1v) is 6.85. The lowest BCUT2D eigenvalue weighted by atomic mass is 10.2. The van der Waals surface area contributed by atoms with Crippen molar-refractivity contribution in [2.24, 2.45) is 4.99 Å². The second-order valence-corrected chi connectivity index (χ2v) is 4.85. The summed E-state index contributed by atoms with van der Waals surface area (Å²) in [5, 5.41) is 0.675. The summed E-state index contributed by atoms with van der Waals surface area (Å²) in [4.78, 5) is 28.7. The van der Waals surface area contributed by atoms with E-state index in [1.54, 1.807) is 38.2 Å². The van der Waals surface area contributed by atoms with E-state index >= 15 is 0 Å². The molecule has 1 fully saturated rings. The molecule has 6 heteroatoms. The van der Waals surface area contributed by atoms with Gasteiger partial charge >= 0.3 is 5.97 Å². The zero-order valence-corrected chi connectivity index (χ0v) is 11.6. The van der Waals surface area contributed by atoms with Crippen LogP contribution in [-0.4, -0.2) is 41.4 Å². The summed E-state index contributed by atoms with van der Waals surface area (Å²) >= 11 is 1.41. The first-order valence-electron chi connectivity index (χ1n) is 5.87. The normalized spacial score (nSPS) is 17.1. The van der Waals surface area contributed by atoms with E-state index in [0.717, 1.165) is 0 Å². The quantitative estimate of drug-likeness (QED) is 0.794. The number of hydrogen-bond donors (Lipinski definition) is 0. The van der Waals surface area contributed by atoms with Gasteiger partial charge in [0.1, 0.15) is 0 Å². The lowest BCUT2D eigenvalue weighted by Gasteiger charge is -2.07.